The van der Waals surface area contributed by atoms with Crippen LogP contribution in [0.2, 0.25) is 0 Å². The quantitative estimate of drug-likeness (QED) is 0.732. The molecule has 0 atom stereocenters. The predicted molar refractivity (Wildman–Crippen MR) is 97.5 cm³/mol. The smallest absolute Gasteiger partial charge is 0.256 e. The summed E-state index contributed by atoms with van der Waals surface area (Å²) in [5.74, 6) is 0.232. The lowest BCUT2D eigenvalue weighted by Crippen LogP contribution is -2.32. The van der Waals surface area contributed by atoms with Crippen LogP contribution >= 0.6 is 0 Å². The molecule has 2 heterocycles. The van der Waals surface area contributed by atoms with E-state index in [1.807, 2.05) is 20.8 Å². The fraction of sp³-hybridized carbons (Fsp3) is 0.684. The van der Waals surface area contributed by atoms with Crippen LogP contribution in [0.3, 0.4) is 0 Å². The van der Waals surface area contributed by atoms with Gasteiger partial charge in [0.15, 0.2) is 0 Å². The van der Waals surface area contributed by atoms with Crippen molar-refractivity contribution in [3.05, 3.63) is 27.7 Å². The zero-order chi connectivity index (χ0) is 18.2. The zero-order valence-corrected chi connectivity index (χ0v) is 15.6. The van der Waals surface area contributed by atoms with Crippen molar-refractivity contribution in [1.29, 1.82) is 0 Å². The molecule has 0 fully saturated rings. The summed E-state index contributed by atoms with van der Waals surface area (Å²) in [6.07, 6.45) is 4.69. The van der Waals surface area contributed by atoms with Gasteiger partial charge in [0.2, 0.25) is 0 Å². The average molecular weight is 350 g/mol. The molecule has 140 valence electrons. The van der Waals surface area contributed by atoms with Crippen molar-refractivity contribution in [3.8, 4) is 5.75 Å². The van der Waals surface area contributed by atoms with Gasteiger partial charge in [-0.1, -0.05) is 6.42 Å². The van der Waals surface area contributed by atoms with Crippen LogP contribution in [-0.4, -0.2) is 36.3 Å². The molecule has 0 unspecified atom stereocenters. The first-order valence-corrected chi connectivity index (χ1v) is 9.34. The van der Waals surface area contributed by atoms with Crippen LogP contribution in [-0.2, 0) is 17.7 Å². The van der Waals surface area contributed by atoms with Crippen LogP contribution in [0.4, 0.5) is 0 Å². The number of nitrogens with one attached hydrogen (secondary N) is 1. The number of fused-ring (bicyclic) bond motifs is 1. The van der Waals surface area contributed by atoms with Crippen LogP contribution in [0.25, 0.3) is 0 Å². The molecule has 0 saturated carbocycles. The molecule has 0 radical (unpaired) electrons. The molecule has 0 saturated heterocycles. The lowest BCUT2D eigenvalue weighted by molar-refractivity contribution is 0.0756. The second-order valence-corrected chi connectivity index (χ2v) is 6.59. The van der Waals surface area contributed by atoms with E-state index in [4.69, 9.17) is 9.47 Å². The number of hydrogen-bond acceptors (Lipinski definition) is 4. The van der Waals surface area contributed by atoms with E-state index >= 15 is 0 Å². The number of carbonyl (C=O) groups is 1. The summed E-state index contributed by atoms with van der Waals surface area (Å²) >= 11 is 0. The van der Waals surface area contributed by atoms with Gasteiger partial charge in [0, 0.05) is 31.5 Å². The summed E-state index contributed by atoms with van der Waals surface area (Å²) in [4.78, 5) is 25.2. The Morgan fingerprint density at radius 1 is 1.32 bits per heavy atom. The lowest BCUT2D eigenvalue weighted by Gasteiger charge is -2.18. The summed E-state index contributed by atoms with van der Waals surface area (Å²) in [5.41, 5.74) is 1.25. The number of carbonyl (C=O) groups excluding carboxylic acids is 1. The highest BCUT2D eigenvalue weighted by Crippen LogP contribution is 2.25. The van der Waals surface area contributed by atoms with E-state index in [1.54, 1.807) is 4.57 Å². The second-order valence-electron chi connectivity index (χ2n) is 6.59. The van der Waals surface area contributed by atoms with Crippen LogP contribution in [0, 0.1) is 0 Å². The molecule has 0 aromatic carbocycles. The first kappa shape index (κ1) is 19.5. The summed E-state index contributed by atoms with van der Waals surface area (Å²) in [7, 11) is 0. The highest BCUT2D eigenvalue weighted by Gasteiger charge is 2.23. The van der Waals surface area contributed by atoms with E-state index < -0.39 is 0 Å². The van der Waals surface area contributed by atoms with Gasteiger partial charge in [-0.05, 0) is 46.5 Å². The Labute approximate surface area is 149 Å². The SMILES string of the molecule is CCOc1cc(=O)n2c(c1C(=O)NCCCOC(C)C)CCCCC2. The molecular weight excluding hydrogens is 320 g/mol. The van der Waals surface area contributed by atoms with Crippen LogP contribution in [0.1, 0.15) is 62.5 Å². The van der Waals surface area contributed by atoms with Gasteiger partial charge in [0.05, 0.1) is 12.7 Å². The molecule has 1 aromatic heterocycles. The van der Waals surface area contributed by atoms with Crippen LogP contribution < -0.4 is 15.6 Å². The van der Waals surface area contributed by atoms with E-state index in [9.17, 15) is 9.59 Å². The van der Waals surface area contributed by atoms with Gasteiger partial charge >= 0.3 is 0 Å². The third-order valence-electron chi connectivity index (χ3n) is 4.26. The molecular formula is C19H30N2O4. The van der Waals surface area contributed by atoms with E-state index in [-0.39, 0.29) is 17.6 Å². The highest BCUT2D eigenvalue weighted by molar-refractivity contribution is 5.98. The predicted octanol–water partition coefficient (Wildman–Crippen LogP) is 2.52. The standard InChI is InChI=1S/C19H30N2O4/c1-4-24-16-13-17(22)21-11-7-5-6-9-15(21)18(16)19(23)20-10-8-12-25-14(2)3/h13-14H,4-12H2,1-3H3,(H,20,23). The van der Waals surface area contributed by atoms with Crippen molar-refractivity contribution >= 4 is 5.91 Å². The van der Waals surface area contributed by atoms with Crippen molar-refractivity contribution in [1.82, 2.24) is 9.88 Å². The van der Waals surface area contributed by atoms with Gasteiger partial charge in [-0.2, -0.15) is 0 Å². The van der Waals surface area contributed by atoms with E-state index in [0.29, 0.717) is 37.6 Å². The number of pyridine rings is 1. The van der Waals surface area contributed by atoms with Gasteiger partial charge in [0.25, 0.3) is 11.5 Å². The molecule has 2 rings (SSSR count). The van der Waals surface area contributed by atoms with Gasteiger partial charge < -0.3 is 19.4 Å². The third kappa shape index (κ3) is 5.33. The summed E-state index contributed by atoms with van der Waals surface area (Å²) in [6.45, 7) is 8.08. The molecule has 1 N–H and O–H groups in total. The average Bonchev–Trinajstić information content (AvgIpc) is 2.81. The van der Waals surface area contributed by atoms with Crippen molar-refractivity contribution in [3.63, 3.8) is 0 Å². The van der Waals surface area contributed by atoms with Crippen molar-refractivity contribution < 1.29 is 14.3 Å². The molecule has 6 heteroatoms. The summed E-state index contributed by atoms with van der Waals surface area (Å²) in [5, 5.41) is 2.95. The number of aromatic nitrogens is 1. The number of nitrogens with zero attached hydrogens (tertiary/aromatic N) is 1. The van der Waals surface area contributed by atoms with E-state index in [1.165, 1.54) is 6.07 Å². The van der Waals surface area contributed by atoms with E-state index in [0.717, 1.165) is 37.8 Å². The summed E-state index contributed by atoms with van der Waals surface area (Å²) < 4.78 is 12.8. The maximum atomic E-state index is 12.8. The minimum Gasteiger partial charge on any atom is -0.493 e. The maximum Gasteiger partial charge on any atom is 0.256 e. The highest BCUT2D eigenvalue weighted by atomic mass is 16.5. The normalized spacial score (nSPS) is 14.1. The Morgan fingerprint density at radius 3 is 2.84 bits per heavy atom. The van der Waals surface area contributed by atoms with Crippen molar-refractivity contribution in [2.45, 2.75) is 65.5 Å². The van der Waals surface area contributed by atoms with Gasteiger partial charge in [-0.25, -0.2) is 0 Å². The molecule has 25 heavy (non-hydrogen) atoms. The Kier molecular flexibility index (Phi) is 7.50. The molecule has 0 bridgehead atoms. The maximum absolute atomic E-state index is 12.8. The molecule has 1 aliphatic rings. The molecule has 1 amide bonds. The first-order chi connectivity index (χ1) is 12.0. The molecule has 1 aliphatic heterocycles. The number of ether oxygens (including phenoxy) is 2. The van der Waals surface area contributed by atoms with E-state index in [2.05, 4.69) is 5.32 Å². The van der Waals surface area contributed by atoms with Gasteiger partial charge in [-0.15, -0.1) is 0 Å². The van der Waals surface area contributed by atoms with Crippen LogP contribution in [0.5, 0.6) is 5.75 Å². The largest absolute Gasteiger partial charge is 0.493 e. The van der Waals surface area contributed by atoms with Gasteiger partial charge in [0.1, 0.15) is 11.3 Å². The van der Waals surface area contributed by atoms with Crippen molar-refractivity contribution in [2.75, 3.05) is 19.8 Å². The molecule has 6 nitrogen and oxygen atoms in total. The lowest BCUT2D eigenvalue weighted by atomic mass is 10.1. The topological polar surface area (TPSA) is 69.6 Å². The second kappa shape index (κ2) is 9.61. The minimum atomic E-state index is -0.168. The molecule has 0 spiro atoms. The Morgan fingerprint density at radius 2 is 2.12 bits per heavy atom. The van der Waals surface area contributed by atoms with Gasteiger partial charge in [-0.3, -0.25) is 9.59 Å². The van der Waals surface area contributed by atoms with Crippen molar-refractivity contribution in [2.24, 2.45) is 0 Å². The number of rotatable bonds is 8. The third-order valence-corrected chi connectivity index (χ3v) is 4.26. The monoisotopic (exact) mass is 350 g/mol. The van der Waals surface area contributed by atoms with Crippen LogP contribution in [0.15, 0.2) is 10.9 Å². The number of hydrogen-bond donors (Lipinski definition) is 1. The fourth-order valence-electron chi connectivity index (χ4n) is 3.11. The summed E-state index contributed by atoms with van der Waals surface area (Å²) in [6, 6.07) is 1.45. The fourth-order valence-corrected chi connectivity index (χ4v) is 3.11. The molecule has 1 aromatic rings. The Balaban J connectivity index is 2.19. The Bertz CT molecular complexity index is 637. The number of amides is 1. The Hall–Kier alpha value is -1.82. The minimum absolute atomic E-state index is 0.0813. The zero-order valence-electron chi connectivity index (χ0n) is 15.6. The first-order valence-electron chi connectivity index (χ1n) is 9.34. The molecule has 0 aliphatic carbocycles.